The van der Waals surface area contributed by atoms with Crippen LogP contribution in [0.1, 0.15) is 35.9 Å². The summed E-state index contributed by atoms with van der Waals surface area (Å²) in [5.74, 6) is 1.10. The fourth-order valence-electron chi connectivity index (χ4n) is 4.12. The summed E-state index contributed by atoms with van der Waals surface area (Å²) in [6.45, 7) is 2.72. The van der Waals surface area contributed by atoms with Crippen LogP contribution in [0.4, 0.5) is 0 Å². The van der Waals surface area contributed by atoms with Gasteiger partial charge in [-0.2, -0.15) is 0 Å². The van der Waals surface area contributed by atoms with Crippen molar-refractivity contribution in [2.45, 2.75) is 31.1 Å². The van der Waals surface area contributed by atoms with Gasteiger partial charge in [-0.05, 0) is 24.0 Å². The van der Waals surface area contributed by atoms with Crippen molar-refractivity contribution in [3.8, 4) is 0 Å². The van der Waals surface area contributed by atoms with Crippen LogP contribution in [0, 0.1) is 0 Å². The molecule has 0 saturated carbocycles. The first-order valence-corrected chi connectivity index (χ1v) is 9.17. The molecular formula is C20H26N4O2. The van der Waals surface area contributed by atoms with Crippen molar-refractivity contribution in [2.75, 3.05) is 27.2 Å². The van der Waals surface area contributed by atoms with E-state index in [9.17, 15) is 4.79 Å². The number of amides is 1. The van der Waals surface area contributed by atoms with E-state index in [4.69, 9.17) is 4.74 Å². The first-order chi connectivity index (χ1) is 12.5. The van der Waals surface area contributed by atoms with Crippen LogP contribution in [0.2, 0.25) is 0 Å². The summed E-state index contributed by atoms with van der Waals surface area (Å²) in [7, 11) is 5.60. The molecule has 1 amide bonds. The number of imidazole rings is 1. The number of aromatic nitrogens is 2. The zero-order valence-corrected chi connectivity index (χ0v) is 15.7. The van der Waals surface area contributed by atoms with Crippen molar-refractivity contribution in [1.82, 2.24) is 19.4 Å². The van der Waals surface area contributed by atoms with Gasteiger partial charge in [-0.15, -0.1) is 0 Å². The van der Waals surface area contributed by atoms with E-state index in [-0.39, 0.29) is 11.5 Å². The topological polar surface area (TPSA) is 50.6 Å². The van der Waals surface area contributed by atoms with E-state index in [0.29, 0.717) is 0 Å². The van der Waals surface area contributed by atoms with Gasteiger partial charge in [0, 0.05) is 46.6 Å². The third kappa shape index (κ3) is 2.83. The molecule has 2 aromatic rings. The molecule has 2 aliphatic heterocycles. The summed E-state index contributed by atoms with van der Waals surface area (Å²) in [5, 5.41) is 0. The lowest BCUT2D eigenvalue weighted by Gasteiger charge is -2.39. The minimum atomic E-state index is -0.484. The van der Waals surface area contributed by atoms with Gasteiger partial charge >= 0.3 is 0 Å². The number of piperidine rings is 1. The highest BCUT2D eigenvalue weighted by molar-refractivity contribution is 5.83. The molecule has 6 nitrogen and oxygen atoms in total. The molecule has 1 fully saturated rings. The number of likely N-dealkylation sites (N-methyl/N-ethyl adjacent to an activating group) is 1. The molecule has 2 aliphatic rings. The molecule has 138 valence electrons. The van der Waals surface area contributed by atoms with Gasteiger partial charge in [0.25, 0.3) is 5.91 Å². The van der Waals surface area contributed by atoms with Gasteiger partial charge in [0.2, 0.25) is 0 Å². The number of rotatable bonds is 3. The maximum absolute atomic E-state index is 12.6. The van der Waals surface area contributed by atoms with Crippen LogP contribution in [0.3, 0.4) is 0 Å². The van der Waals surface area contributed by atoms with Crippen LogP contribution in [0.5, 0.6) is 0 Å². The summed E-state index contributed by atoms with van der Waals surface area (Å²) < 4.78 is 8.52. The van der Waals surface area contributed by atoms with Crippen molar-refractivity contribution in [1.29, 1.82) is 0 Å². The van der Waals surface area contributed by atoms with Gasteiger partial charge in [0.1, 0.15) is 5.82 Å². The minimum absolute atomic E-state index is 0.0183. The molecule has 1 unspecified atom stereocenters. The van der Waals surface area contributed by atoms with Crippen molar-refractivity contribution >= 4 is 5.91 Å². The van der Waals surface area contributed by atoms with E-state index in [1.54, 1.807) is 19.0 Å². The number of aryl methyl sites for hydroxylation is 1. The summed E-state index contributed by atoms with van der Waals surface area (Å²) in [5.41, 5.74) is 1.88. The normalized spacial score (nSPS) is 21.7. The van der Waals surface area contributed by atoms with Crippen LogP contribution in [-0.2, 0) is 28.7 Å². The smallest absolute Gasteiger partial charge is 0.255 e. The molecule has 26 heavy (non-hydrogen) atoms. The summed E-state index contributed by atoms with van der Waals surface area (Å²) in [6.07, 6.45) is 5.13. The molecule has 0 radical (unpaired) electrons. The number of nitrogens with zero attached hydrogens (tertiary/aromatic N) is 4. The molecule has 0 aliphatic carbocycles. The molecule has 1 aromatic carbocycles. The Bertz CT molecular complexity index is 806. The molecule has 1 spiro atoms. The number of fused-ring (bicyclic) bond motifs is 2. The summed E-state index contributed by atoms with van der Waals surface area (Å²) >= 11 is 0. The van der Waals surface area contributed by atoms with Gasteiger partial charge in [-0.25, -0.2) is 4.98 Å². The molecule has 1 aromatic heterocycles. The SMILES string of the molecule is CN(C)C(=O)C1OC2(CCN(Cc3nccn3C)CC2)c2ccccc21. The molecular weight excluding hydrogens is 328 g/mol. The van der Waals surface area contributed by atoms with E-state index in [1.807, 2.05) is 37.6 Å². The van der Waals surface area contributed by atoms with Crippen molar-refractivity contribution in [3.63, 3.8) is 0 Å². The molecule has 3 heterocycles. The van der Waals surface area contributed by atoms with E-state index < -0.39 is 6.10 Å². The van der Waals surface area contributed by atoms with Gasteiger partial charge in [-0.3, -0.25) is 9.69 Å². The second-order valence-electron chi connectivity index (χ2n) is 7.54. The molecule has 4 rings (SSSR count). The maximum Gasteiger partial charge on any atom is 0.255 e. The predicted octanol–water partition coefficient (Wildman–Crippen LogP) is 2.07. The quantitative estimate of drug-likeness (QED) is 0.847. The van der Waals surface area contributed by atoms with Crippen molar-refractivity contribution < 1.29 is 9.53 Å². The number of carbonyl (C=O) groups is 1. The van der Waals surface area contributed by atoms with Gasteiger partial charge in [0.05, 0.1) is 12.1 Å². The Hall–Kier alpha value is -2.18. The highest BCUT2D eigenvalue weighted by atomic mass is 16.5. The third-order valence-corrected chi connectivity index (χ3v) is 5.69. The van der Waals surface area contributed by atoms with E-state index in [2.05, 4.69) is 20.5 Å². The molecule has 0 N–H and O–H groups in total. The Morgan fingerprint density at radius 2 is 2.04 bits per heavy atom. The third-order valence-electron chi connectivity index (χ3n) is 5.69. The number of benzene rings is 1. The largest absolute Gasteiger partial charge is 0.352 e. The fraction of sp³-hybridized carbons (Fsp3) is 0.500. The number of likely N-dealkylation sites (tertiary alicyclic amines) is 1. The second-order valence-corrected chi connectivity index (χ2v) is 7.54. The molecule has 6 heteroatoms. The van der Waals surface area contributed by atoms with Gasteiger partial charge < -0.3 is 14.2 Å². The van der Waals surface area contributed by atoms with Crippen LogP contribution in [0.15, 0.2) is 36.7 Å². The number of hydrogen-bond donors (Lipinski definition) is 0. The standard InChI is InChI=1S/C20H26N4O2/c1-22(2)19(25)18-15-6-4-5-7-16(15)20(26-18)8-11-24(12-9-20)14-17-21-10-13-23(17)3/h4-7,10,13,18H,8-9,11-12,14H2,1-3H3. The zero-order valence-electron chi connectivity index (χ0n) is 15.7. The summed E-state index contributed by atoms with van der Waals surface area (Å²) in [6, 6.07) is 8.21. The van der Waals surface area contributed by atoms with Crippen LogP contribution >= 0.6 is 0 Å². The Labute approximate surface area is 154 Å². The Morgan fingerprint density at radius 1 is 1.31 bits per heavy atom. The lowest BCUT2D eigenvalue weighted by molar-refractivity contribution is -0.158. The average Bonchev–Trinajstić information content (AvgIpc) is 3.19. The average molecular weight is 354 g/mol. The van der Waals surface area contributed by atoms with Crippen LogP contribution < -0.4 is 0 Å². The highest BCUT2D eigenvalue weighted by Crippen LogP contribution is 2.49. The van der Waals surface area contributed by atoms with Crippen LogP contribution in [0.25, 0.3) is 0 Å². The lowest BCUT2D eigenvalue weighted by Crippen LogP contribution is -2.43. The van der Waals surface area contributed by atoms with E-state index in [0.717, 1.165) is 43.9 Å². The highest BCUT2D eigenvalue weighted by Gasteiger charge is 2.49. The van der Waals surface area contributed by atoms with Crippen molar-refractivity contribution in [3.05, 3.63) is 53.6 Å². The van der Waals surface area contributed by atoms with Gasteiger partial charge in [-0.1, -0.05) is 24.3 Å². The maximum atomic E-state index is 12.6. The first-order valence-electron chi connectivity index (χ1n) is 9.17. The predicted molar refractivity (Wildman–Crippen MR) is 98.4 cm³/mol. The number of ether oxygens (including phenoxy) is 1. The number of carbonyl (C=O) groups excluding carboxylic acids is 1. The van der Waals surface area contributed by atoms with Crippen molar-refractivity contribution in [2.24, 2.45) is 7.05 Å². The Balaban J connectivity index is 1.53. The lowest BCUT2D eigenvalue weighted by atomic mass is 9.83. The molecule has 1 atom stereocenters. The Morgan fingerprint density at radius 3 is 2.69 bits per heavy atom. The van der Waals surface area contributed by atoms with E-state index >= 15 is 0 Å². The Kier molecular flexibility index (Phi) is 4.32. The zero-order chi connectivity index (χ0) is 18.3. The fourth-order valence-corrected chi connectivity index (χ4v) is 4.12. The second kappa shape index (κ2) is 6.52. The van der Waals surface area contributed by atoms with Gasteiger partial charge in [0.15, 0.2) is 6.10 Å². The summed E-state index contributed by atoms with van der Waals surface area (Å²) in [4.78, 5) is 21.1. The first kappa shape index (κ1) is 17.2. The van der Waals surface area contributed by atoms with E-state index in [1.165, 1.54) is 5.56 Å². The molecule has 0 bridgehead atoms. The molecule has 1 saturated heterocycles. The number of hydrogen-bond acceptors (Lipinski definition) is 4. The minimum Gasteiger partial charge on any atom is -0.352 e. The monoisotopic (exact) mass is 354 g/mol. The van der Waals surface area contributed by atoms with Crippen LogP contribution in [-0.4, -0.2) is 52.4 Å².